The van der Waals surface area contributed by atoms with Gasteiger partial charge in [0.15, 0.2) is 17.8 Å². The Balaban J connectivity index is 1.78. The first-order valence-electron chi connectivity index (χ1n) is 11.3. The number of halogens is 2. The monoisotopic (exact) mass is 464 g/mol. The summed E-state index contributed by atoms with van der Waals surface area (Å²) in [6.45, 7) is 5.48. The number of ether oxygens (including phenoxy) is 1. The quantitative estimate of drug-likeness (QED) is 0.656. The number of rotatable bonds is 4. The number of fused-ring (bicyclic) bond motifs is 1. The molecule has 34 heavy (non-hydrogen) atoms. The molecule has 176 valence electrons. The minimum absolute atomic E-state index is 0.0924. The second kappa shape index (κ2) is 7.82. The average Bonchev–Trinajstić information content (AvgIpc) is 3.30. The predicted molar refractivity (Wildman–Crippen MR) is 123 cm³/mol. The molecule has 0 amide bonds. The largest absolute Gasteiger partial charge is 0.494 e. The Morgan fingerprint density at radius 2 is 2.06 bits per heavy atom. The summed E-state index contributed by atoms with van der Waals surface area (Å²) in [5.41, 5.74) is 1.30. The number of nitrogens with one attached hydrogen (secondary N) is 1. The van der Waals surface area contributed by atoms with Crippen molar-refractivity contribution in [2.45, 2.75) is 51.4 Å². The van der Waals surface area contributed by atoms with Gasteiger partial charge in [-0.1, -0.05) is 39.0 Å². The first kappa shape index (κ1) is 22.4. The molecule has 1 unspecified atom stereocenters. The highest BCUT2D eigenvalue weighted by Gasteiger charge is 2.56. The minimum atomic E-state index is -1.36. The van der Waals surface area contributed by atoms with E-state index in [1.807, 2.05) is 25.1 Å². The van der Waals surface area contributed by atoms with Gasteiger partial charge in [-0.3, -0.25) is 9.78 Å². The maximum atomic E-state index is 15.8. The maximum Gasteiger partial charge on any atom is 0.164 e. The highest BCUT2D eigenvalue weighted by molar-refractivity contribution is 6.02. The van der Waals surface area contributed by atoms with E-state index < -0.39 is 29.0 Å². The maximum absolute atomic E-state index is 15.8. The molecule has 0 bridgehead atoms. The third-order valence-electron chi connectivity index (χ3n) is 7.25. The van der Waals surface area contributed by atoms with E-state index in [9.17, 15) is 9.18 Å². The lowest BCUT2D eigenvalue weighted by molar-refractivity contribution is -0.120. The van der Waals surface area contributed by atoms with E-state index in [1.54, 1.807) is 26.1 Å². The topological polar surface area (TPSA) is 75.9 Å². The first-order valence-corrected chi connectivity index (χ1v) is 11.3. The number of hydrogen-bond acceptors (Lipinski definition) is 6. The molecule has 0 fully saturated rings. The van der Waals surface area contributed by atoms with Crippen molar-refractivity contribution in [1.29, 1.82) is 0 Å². The SMILES string of the molecule is CC[C@]1(c2cccc(-c3c(F)cncc3OC)c2)C2=CN=NC2NC2=C1C(=O)CC(C)(C)[C@@H]2F. The number of carbonyl (C=O) groups excluding carboxylic acids is 1. The van der Waals surface area contributed by atoms with Gasteiger partial charge in [-0.15, -0.1) is 0 Å². The summed E-state index contributed by atoms with van der Waals surface area (Å²) in [5, 5.41) is 11.5. The number of alkyl halides is 1. The van der Waals surface area contributed by atoms with E-state index >= 15 is 4.39 Å². The molecule has 0 saturated heterocycles. The number of allylic oxidation sites excluding steroid dienone is 2. The van der Waals surface area contributed by atoms with Crippen LogP contribution in [0.1, 0.15) is 39.2 Å². The Hall–Kier alpha value is -3.42. The summed E-state index contributed by atoms with van der Waals surface area (Å²) >= 11 is 0. The number of carbonyl (C=O) groups is 1. The molecule has 2 aromatic rings. The van der Waals surface area contributed by atoms with Crippen molar-refractivity contribution in [3.8, 4) is 16.9 Å². The van der Waals surface area contributed by atoms with Crippen LogP contribution >= 0.6 is 0 Å². The van der Waals surface area contributed by atoms with Gasteiger partial charge in [0.25, 0.3) is 0 Å². The van der Waals surface area contributed by atoms with Crippen molar-refractivity contribution in [2.75, 3.05) is 7.11 Å². The van der Waals surface area contributed by atoms with Crippen molar-refractivity contribution < 1.29 is 18.3 Å². The minimum Gasteiger partial charge on any atom is -0.494 e. The molecule has 6 nitrogen and oxygen atoms in total. The van der Waals surface area contributed by atoms with Crippen LogP contribution in [0.4, 0.5) is 8.78 Å². The molecular weight excluding hydrogens is 438 g/mol. The number of aromatic nitrogens is 1. The first-order chi connectivity index (χ1) is 16.2. The van der Waals surface area contributed by atoms with E-state index in [-0.39, 0.29) is 23.5 Å². The molecule has 3 aliphatic rings. The van der Waals surface area contributed by atoms with Crippen LogP contribution in [0, 0.1) is 11.2 Å². The van der Waals surface area contributed by atoms with Crippen LogP contribution in [0.2, 0.25) is 0 Å². The summed E-state index contributed by atoms with van der Waals surface area (Å²) in [7, 11) is 1.46. The molecule has 3 heterocycles. The molecule has 2 aliphatic heterocycles. The fourth-order valence-corrected chi connectivity index (χ4v) is 5.60. The van der Waals surface area contributed by atoms with E-state index in [4.69, 9.17) is 4.74 Å². The Morgan fingerprint density at radius 1 is 1.26 bits per heavy atom. The van der Waals surface area contributed by atoms with Crippen LogP contribution in [-0.4, -0.2) is 30.2 Å². The lowest BCUT2D eigenvalue weighted by Gasteiger charge is -2.49. The Labute approximate surface area is 196 Å². The van der Waals surface area contributed by atoms with Gasteiger partial charge in [-0.2, -0.15) is 10.2 Å². The number of Topliss-reactive ketones (excluding diaryl/α,β-unsaturated/α-hetero) is 1. The number of methoxy groups -OCH3 is 1. The fraction of sp³-hybridized carbons (Fsp3) is 0.385. The molecule has 1 aromatic heterocycles. The number of ketones is 1. The van der Waals surface area contributed by atoms with Crippen molar-refractivity contribution in [3.05, 3.63) is 71.1 Å². The van der Waals surface area contributed by atoms with E-state index in [0.717, 1.165) is 17.3 Å². The van der Waals surface area contributed by atoms with Gasteiger partial charge in [0.05, 0.1) is 42.4 Å². The van der Waals surface area contributed by atoms with Gasteiger partial charge in [0, 0.05) is 23.0 Å². The van der Waals surface area contributed by atoms with Gasteiger partial charge < -0.3 is 10.1 Å². The highest BCUT2D eigenvalue weighted by Crippen LogP contribution is 2.54. The standard InChI is InChI=1S/C26H26F2N4O2/c1-5-26(15-8-6-7-14(9-15)20-17(27)12-29-13-19(20)34-4)16-11-30-32-24(16)31-22-21(26)18(33)10-25(2,3)23(22)28/h6-9,11-13,23-24,31H,5,10H2,1-4H3/t23-,24?,26+/m1/s1. The number of pyridine rings is 1. The molecule has 1 N–H and O–H groups in total. The van der Waals surface area contributed by atoms with Crippen molar-refractivity contribution >= 4 is 5.78 Å². The van der Waals surface area contributed by atoms with Crippen LogP contribution in [0.15, 0.2) is 69.9 Å². The number of nitrogens with zero attached hydrogens (tertiary/aromatic N) is 3. The summed E-state index contributed by atoms with van der Waals surface area (Å²) < 4.78 is 36.0. The fourth-order valence-electron chi connectivity index (χ4n) is 5.60. The van der Waals surface area contributed by atoms with Crippen molar-refractivity contribution in [2.24, 2.45) is 15.6 Å². The summed E-state index contributed by atoms with van der Waals surface area (Å²) in [4.78, 5) is 17.5. The Morgan fingerprint density at radius 3 is 2.79 bits per heavy atom. The molecule has 3 atom stereocenters. The predicted octanol–water partition coefficient (Wildman–Crippen LogP) is 5.41. The van der Waals surface area contributed by atoms with Crippen molar-refractivity contribution in [3.63, 3.8) is 0 Å². The zero-order chi connectivity index (χ0) is 24.3. The lowest BCUT2D eigenvalue weighted by atomic mass is 9.58. The number of hydrogen-bond donors (Lipinski definition) is 1. The Bertz CT molecular complexity index is 1280. The van der Waals surface area contributed by atoms with Gasteiger partial charge in [0.2, 0.25) is 0 Å². The third-order valence-corrected chi connectivity index (χ3v) is 7.25. The van der Waals surface area contributed by atoms with Crippen molar-refractivity contribution in [1.82, 2.24) is 10.3 Å². The van der Waals surface area contributed by atoms with E-state index in [2.05, 4.69) is 20.5 Å². The molecule has 0 saturated carbocycles. The van der Waals surface area contributed by atoms with Gasteiger partial charge in [-0.25, -0.2) is 8.78 Å². The van der Waals surface area contributed by atoms with Crippen LogP contribution < -0.4 is 10.1 Å². The summed E-state index contributed by atoms with van der Waals surface area (Å²) in [6, 6.07) is 7.33. The van der Waals surface area contributed by atoms with Gasteiger partial charge >= 0.3 is 0 Å². The smallest absolute Gasteiger partial charge is 0.164 e. The zero-order valence-corrected chi connectivity index (χ0v) is 19.5. The van der Waals surface area contributed by atoms with Crippen LogP contribution in [0.5, 0.6) is 5.75 Å². The van der Waals surface area contributed by atoms with Crippen LogP contribution in [-0.2, 0) is 10.2 Å². The third kappa shape index (κ3) is 3.04. The van der Waals surface area contributed by atoms with E-state index in [0.29, 0.717) is 23.3 Å². The average molecular weight is 465 g/mol. The Kier molecular flexibility index (Phi) is 5.15. The molecule has 0 radical (unpaired) electrons. The normalized spacial score (nSPS) is 27.1. The molecule has 5 rings (SSSR count). The molecular formula is C26H26F2N4O2. The molecule has 8 heteroatoms. The summed E-state index contributed by atoms with van der Waals surface area (Å²) in [6.07, 6.45) is 2.91. The lowest BCUT2D eigenvalue weighted by Crippen LogP contribution is -2.55. The summed E-state index contributed by atoms with van der Waals surface area (Å²) in [5.74, 6) is -0.322. The second-order valence-corrected chi connectivity index (χ2v) is 9.64. The number of azo groups is 1. The van der Waals surface area contributed by atoms with Crippen LogP contribution in [0.25, 0.3) is 11.1 Å². The molecule has 0 spiro atoms. The van der Waals surface area contributed by atoms with E-state index in [1.165, 1.54) is 13.3 Å². The van der Waals surface area contributed by atoms with Gasteiger partial charge in [-0.05, 0) is 23.6 Å². The highest BCUT2D eigenvalue weighted by atomic mass is 19.1. The number of benzene rings is 1. The zero-order valence-electron chi connectivity index (χ0n) is 19.5. The second-order valence-electron chi connectivity index (χ2n) is 9.64. The van der Waals surface area contributed by atoms with Gasteiger partial charge in [0.1, 0.15) is 11.9 Å². The molecule has 1 aromatic carbocycles. The van der Waals surface area contributed by atoms with Crippen LogP contribution in [0.3, 0.4) is 0 Å². The molecule has 1 aliphatic carbocycles.